The summed E-state index contributed by atoms with van der Waals surface area (Å²) >= 11 is 11.6. The second kappa shape index (κ2) is 6.58. The highest BCUT2D eigenvalue weighted by Crippen LogP contribution is 2.22. The summed E-state index contributed by atoms with van der Waals surface area (Å²) in [4.78, 5) is 5.95. The average Bonchev–Trinajstić information content (AvgIpc) is 2.27. The highest BCUT2D eigenvalue weighted by Gasteiger charge is 2.15. The van der Waals surface area contributed by atoms with Crippen molar-refractivity contribution < 1.29 is 0 Å². The van der Waals surface area contributed by atoms with Gasteiger partial charge in [0.15, 0.2) is 11.0 Å². The number of anilines is 1. The van der Waals surface area contributed by atoms with E-state index in [0.717, 1.165) is 6.54 Å². The second-order valence-corrected chi connectivity index (χ2v) is 4.64. The first-order valence-electron chi connectivity index (χ1n) is 5.22. The first-order chi connectivity index (χ1) is 8.04. The van der Waals surface area contributed by atoms with Crippen molar-refractivity contribution in [3.8, 4) is 6.07 Å². The Balaban J connectivity index is 2.94. The van der Waals surface area contributed by atoms with E-state index in [4.69, 9.17) is 28.5 Å². The molecule has 0 bridgehead atoms. The van der Waals surface area contributed by atoms with Gasteiger partial charge in [-0.2, -0.15) is 10.2 Å². The van der Waals surface area contributed by atoms with Gasteiger partial charge in [-0.1, -0.05) is 25.4 Å². The second-order valence-electron chi connectivity index (χ2n) is 3.94. The fourth-order valence-corrected chi connectivity index (χ4v) is 1.71. The molecule has 7 heteroatoms. The summed E-state index contributed by atoms with van der Waals surface area (Å²) < 4.78 is 0. The Hall–Kier alpha value is -1.12. The van der Waals surface area contributed by atoms with Gasteiger partial charge in [0.05, 0.1) is 12.5 Å². The summed E-state index contributed by atoms with van der Waals surface area (Å²) in [5.41, 5.74) is 0. The minimum Gasteiger partial charge on any atom is -0.353 e. The van der Waals surface area contributed by atoms with Gasteiger partial charge in [-0.15, -0.1) is 10.2 Å². The summed E-state index contributed by atoms with van der Waals surface area (Å²) in [6, 6.07) is 2.09. The van der Waals surface area contributed by atoms with Gasteiger partial charge in [-0.05, 0) is 17.5 Å². The lowest BCUT2D eigenvalue weighted by molar-refractivity contribution is 0.606. The predicted molar refractivity (Wildman–Crippen MR) is 67.1 cm³/mol. The topological polar surface area (TPSA) is 65.7 Å². The van der Waals surface area contributed by atoms with E-state index in [1.807, 2.05) is 4.90 Å². The lowest BCUT2D eigenvalue weighted by atomic mass is 10.2. The van der Waals surface area contributed by atoms with E-state index >= 15 is 0 Å². The third-order valence-corrected chi connectivity index (χ3v) is 2.39. The molecule has 0 saturated carbocycles. The molecule has 1 aromatic heterocycles. The number of nitrogens with zero attached hydrogens (tertiary/aromatic N) is 5. The van der Waals surface area contributed by atoms with Crippen LogP contribution in [0, 0.1) is 17.2 Å². The smallest absolute Gasteiger partial charge is 0.245 e. The Kier molecular flexibility index (Phi) is 5.39. The van der Waals surface area contributed by atoms with Gasteiger partial charge in [0.25, 0.3) is 0 Å². The molecule has 1 rings (SSSR count). The zero-order valence-corrected chi connectivity index (χ0v) is 11.2. The van der Waals surface area contributed by atoms with Crippen molar-refractivity contribution in [3.63, 3.8) is 0 Å². The molecule has 0 fully saturated rings. The monoisotopic (exact) mass is 273 g/mol. The summed E-state index contributed by atoms with van der Waals surface area (Å²) in [5.74, 6) is 0.897. The van der Waals surface area contributed by atoms with Crippen LogP contribution in [-0.4, -0.2) is 28.3 Å². The normalized spacial score (nSPS) is 10.4. The maximum absolute atomic E-state index is 8.64. The number of halogens is 2. The van der Waals surface area contributed by atoms with E-state index in [2.05, 4.69) is 35.1 Å². The van der Waals surface area contributed by atoms with Gasteiger partial charge in [0, 0.05) is 13.1 Å². The lowest BCUT2D eigenvalue weighted by Crippen LogP contribution is -2.30. The maximum Gasteiger partial charge on any atom is 0.245 e. The molecule has 5 nitrogen and oxygen atoms in total. The molecular formula is C10H13Cl2N5. The van der Waals surface area contributed by atoms with Crippen LogP contribution >= 0.6 is 23.2 Å². The van der Waals surface area contributed by atoms with Crippen LogP contribution in [-0.2, 0) is 0 Å². The van der Waals surface area contributed by atoms with Crippen molar-refractivity contribution in [2.75, 3.05) is 18.0 Å². The van der Waals surface area contributed by atoms with E-state index in [-0.39, 0.29) is 10.4 Å². The Bertz CT molecular complexity index is 416. The van der Waals surface area contributed by atoms with Crippen LogP contribution in [0.5, 0.6) is 0 Å². The van der Waals surface area contributed by atoms with Crippen molar-refractivity contribution >= 4 is 29.0 Å². The van der Waals surface area contributed by atoms with E-state index in [0.29, 0.717) is 24.7 Å². The molecule has 1 aromatic rings. The Morgan fingerprint density at radius 2 is 2.06 bits per heavy atom. The van der Waals surface area contributed by atoms with Crippen LogP contribution in [0.15, 0.2) is 0 Å². The Morgan fingerprint density at radius 3 is 2.65 bits per heavy atom. The minimum absolute atomic E-state index is 0.0510. The van der Waals surface area contributed by atoms with Gasteiger partial charge in [-0.25, -0.2) is 0 Å². The molecule has 0 aliphatic heterocycles. The van der Waals surface area contributed by atoms with Crippen LogP contribution in [0.1, 0.15) is 20.3 Å². The minimum atomic E-state index is 0.0510. The van der Waals surface area contributed by atoms with E-state index < -0.39 is 0 Å². The standard InChI is InChI=1S/C10H13Cl2N5/c1-7(2)6-17(5-3-4-13)9-8(11)15-16-10(12)14-9/h7H,3,5-6H2,1-2H3. The van der Waals surface area contributed by atoms with Crippen LogP contribution < -0.4 is 4.90 Å². The molecule has 0 spiro atoms. The molecule has 0 saturated heterocycles. The van der Waals surface area contributed by atoms with Crippen molar-refractivity contribution in [1.82, 2.24) is 15.2 Å². The molecule has 0 aliphatic carbocycles. The quantitative estimate of drug-likeness (QED) is 0.825. The van der Waals surface area contributed by atoms with E-state index in [9.17, 15) is 0 Å². The average molecular weight is 274 g/mol. The molecule has 0 aliphatic rings. The molecule has 0 radical (unpaired) electrons. The van der Waals surface area contributed by atoms with Crippen LogP contribution in [0.25, 0.3) is 0 Å². The first kappa shape index (κ1) is 13.9. The van der Waals surface area contributed by atoms with Gasteiger partial charge in [-0.3, -0.25) is 0 Å². The molecule has 1 heterocycles. The number of hydrogen-bond acceptors (Lipinski definition) is 5. The fraction of sp³-hybridized carbons (Fsp3) is 0.600. The highest BCUT2D eigenvalue weighted by molar-refractivity contribution is 6.32. The third-order valence-electron chi connectivity index (χ3n) is 1.98. The zero-order chi connectivity index (χ0) is 12.8. The molecule has 0 amide bonds. The largest absolute Gasteiger partial charge is 0.353 e. The van der Waals surface area contributed by atoms with Crippen molar-refractivity contribution in [2.24, 2.45) is 5.92 Å². The fourth-order valence-electron chi connectivity index (χ4n) is 1.40. The summed E-state index contributed by atoms with van der Waals surface area (Å²) in [6.45, 7) is 5.42. The first-order valence-corrected chi connectivity index (χ1v) is 5.97. The third kappa shape index (κ3) is 4.33. The lowest BCUT2D eigenvalue weighted by Gasteiger charge is -2.24. The molecule has 17 heavy (non-hydrogen) atoms. The molecule has 92 valence electrons. The molecule has 0 aromatic carbocycles. The van der Waals surface area contributed by atoms with Crippen molar-refractivity contribution in [1.29, 1.82) is 5.26 Å². The molecular weight excluding hydrogens is 261 g/mol. The zero-order valence-electron chi connectivity index (χ0n) is 9.69. The summed E-state index contributed by atoms with van der Waals surface area (Å²) in [7, 11) is 0. The van der Waals surface area contributed by atoms with Crippen molar-refractivity contribution in [2.45, 2.75) is 20.3 Å². The number of hydrogen-bond donors (Lipinski definition) is 0. The Morgan fingerprint density at radius 1 is 1.35 bits per heavy atom. The maximum atomic E-state index is 8.64. The highest BCUT2D eigenvalue weighted by atomic mass is 35.5. The van der Waals surface area contributed by atoms with Gasteiger partial charge >= 0.3 is 0 Å². The summed E-state index contributed by atoms with van der Waals surface area (Å²) in [6.07, 6.45) is 0.394. The van der Waals surface area contributed by atoms with Crippen LogP contribution in [0.4, 0.5) is 5.82 Å². The molecule has 0 N–H and O–H groups in total. The number of nitriles is 1. The molecule has 0 unspecified atom stereocenters. The molecule has 0 atom stereocenters. The van der Waals surface area contributed by atoms with Crippen molar-refractivity contribution in [3.05, 3.63) is 10.4 Å². The Labute approximate surface area is 110 Å². The van der Waals surface area contributed by atoms with Gasteiger partial charge in [0.2, 0.25) is 5.28 Å². The number of aromatic nitrogens is 3. The van der Waals surface area contributed by atoms with Gasteiger partial charge < -0.3 is 4.90 Å². The van der Waals surface area contributed by atoms with Crippen LogP contribution in [0.2, 0.25) is 10.4 Å². The van der Waals surface area contributed by atoms with Crippen LogP contribution in [0.3, 0.4) is 0 Å². The summed E-state index contributed by atoms with van der Waals surface area (Å²) in [5, 5.41) is 16.2. The van der Waals surface area contributed by atoms with Gasteiger partial charge in [0.1, 0.15) is 0 Å². The van der Waals surface area contributed by atoms with E-state index in [1.165, 1.54) is 0 Å². The SMILES string of the molecule is CC(C)CN(CCC#N)c1nc(Cl)nnc1Cl. The number of rotatable bonds is 5. The van der Waals surface area contributed by atoms with E-state index in [1.54, 1.807) is 0 Å². The predicted octanol–water partition coefficient (Wildman–Crippen LogP) is 2.55.